The standard InChI is InChI=1S/C24H35N3O3/c1-16(2)13-27(14-17(3)4)22-9-7-19(18(5)11-24(29)30)12-21(22)25-20-8-10-23(28)26(6)15-20/h7-10,12,15-18,25H,11,13-14H2,1-6H3,(H,29,30)/t18-/m1/s1. The number of pyridine rings is 1. The molecule has 1 aromatic carbocycles. The zero-order chi connectivity index (χ0) is 22.4. The van der Waals surface area contributed by atoms with E-state index >= 15 is 0 Å². The third kappa shape index (κ3) is 6.65. The Bertz CT molecular complexity index is 908. The average Bonchev–Trinajstić information content (AvgIpc) is 2.63. The Morgan fingerprint density at radius 3 is 2.23 bits per heavy atom. The molecule has 0 fully saturated rings. The number of aliphatic carboxylic acids is 1. The summed E-state index contributed by atoms with van der Waals surface area (Å²) in [6, 6.07) is 9.47. The zero-order valence-electron chi connectivity index (χ0n) is 19.0. The molecule has 1 aromatic heterocycles. The molecule has 0 unspecified atom stereocenters. The van der Waals surface area contributed by atoms with E-state index in [4.69, 9.17) is 0 Å². The first-order valence-electron chi connectivity index (χ1n) is 10.6. The van der Waals surface area contributed by atoms with E-state index in [-0.39, 0.29) is 17.9 Å². The molecule has 6 heteroatoms. The maximum Gasteiger partial charge on any atom is 0.303 e. The SMILES string of the molecule is CC(C)CN(CC(C)C)c1ccc([C@H](C)CC(=O)O)cc1Nc1ccc(=O)n(C)c1. The van der Waals surface area contributed by atoms with Gasteiger partial charge in [-0.1, -0.05) is 40.7 Å². The molecule has 1 atom stereocenters. The minimum atomic E-state index is -0.805. The molecule has 164 valence electrons. The molecule has 0 bridgehead atoms. The van der Waals surface area contributed by atoms with Crippen LogP contribution in [0.4, 0.5) is 17.1 Å². The largest absolute Gasteiger partial charge is 0.481 e. The summed E-state index contributed by atoms with van der Waals surface area (Å²) >= 11 is 0. The van der Waals surface area contributed by atoms with Gasteiger partial charge < -0.3 is 19.9 Å². The Hall–Kier alpha value is -2.76. The minimum Gasteiger partial charge on any atom is -0.481 e. The minimum absolute atomic E-state index is 0.0640. The van der Waals surface area contributed by atoms with Gasteiger partial charge in [-0.3, -0.25) is 9.59 Å². The number of carbonyl (C=O) groups is 1. The Kier molecular flexibility index (Phi) is 8.09. The van der Waals surface area contributed by atoms with E-state index in [2.05, 4.69) is 44.0 Å². The molecule has 0 aliphatic rings. The van der Waals surface area contributed by atoms with E-state index in [0.29, 0.717) is 11.8 Å². The molecule has 6 nitrogen and oxygen atoms in total. The van der Waals surface area contributed by atoms with E-state index in [1.165, 1.54) is 0 Å². The van der Waals surface area contributed by atoms with Crippen LogP contribution in [0.1, 0.15) is 52.5 Å². The first kappa shape index (κ1) is 23.5. The van der Waals surface area contributed by atoms with Gasteiger partial charge in [-0.05, 0) is 41.5 Å². The van der Waals surface area contributed by atoms with Gasteiger partial charge >= 0.3 is 5.97 Å². The second-order valence-electron chi connectivity index (χ2n) is 8.96. The quantitative estimate of drug-likeness (QED) is 0.584. The summed E-state index contributed by atoms with van der Waals surface area (Å²) in [7, 11) is 1.73. The molecular weight excluding hydrogens is 378 g/mol. The van der Waals surface area contributed by atoms with E-state index in [1.54, 1.807) is 29.9 Å². The monoisotopic (exact) mass is 413 g/mol. The van der Waals surface area contributed by atoms with Crippen molar-refractivity contribution in [3.05, 3.63) is 52.4 Å². The molecule has 2 aromatic rings. The van der Waals surface area contributed by atoms with Crippen LogP contribution in [0.5, 0.6) is 0 Å². The maximum absolute atomic E-state index is 11.8. The van der Waals surface area contributed by atoms with E-state index in [9.17, 15) is 14.7 Å². The van der Waals surface area contributed by atoms with Crippen molar-refractivity contribution in [2.75, 3.05) is 23.3 Å². The Labute approximate surface area is 179 Å². The fourth-order valence-electron chi connectivity index (χ4n) is 3.59. The van der Waals surface area contributed by atoms with Crippen LogP contribution >= 0.6 is 0 Å². The van der Waals surface area contributed by atoms with Crippen LogP contribution in [0.25, 0.3) is 0 Å². The highest BCUT2D eigenvalue weighted by Gasteiger charge is 2.18. The zero-order valence-corrected chi connectivity index (χ0v) is 19.0. The lowest BCUT2D eigenvalue weighted by molar-refractivity contribution is -0.137. The number of aryl methyl sites for hydroxylation is 1. The van der Waals surface area contributed by atoms with E-state index in [0.717, 1.165) is 35.7 Å². The molecule has 30 heavy (non-hydrogen) atoms. The third-order valence-electron chi connectivity index (χ3n) is 4.95. The lowest BCUT2D eigenvalue weighted by Crippen LogP contribution is -2.31. The summed E-state index contributed by atoms with van der Waals surface area (Å²) in [6.07, 6.45) is 1.86. The van der Waals surface area contributed by atoms with Crippen LogP contribution in [0.3, 0.4) is 0 Å². The number of nitrogens with zero attached hydrogens (tertiary/aromatic N) is 2. The molecule has 0 aliphatic heterocycles. The second-order valence-corrected chi connectivity index (χ2v) is 8.96. The van der Waals surface area contributed by atoms with E-state index < -0.39 is 5.97 Å². The Balaban J connectivity index is 2.51. The summed E-state index contributed by atoms with van der Waals surface area (Å²) in [5.41, 5.74) is 3.73. The molecule has 0 saturated carbocycles. The smallest absolute Gasteiger partial charge is 0.303 e. The first-order chi connectivity index (χ1) is 14.1. The van der Waals surface area contributed by atoms with Crippen molar-refractivity contribution in [2.24, 2.45) is 18.9 Å². The van der Waals surface area contributed by atoms with Gasteiger partial charge in [0.15, 0.2) is 0 Å². The average molecular weight is 414 g/mol. The summed E-state index contributed by atoms with van der Waals surface area (Å²) in [5.74, 6) is 0.0979. The van der Waals surface area contributed by atoms with Crippen molar-refractivity contribution in [1.29, 1.82) is 0 Å². The second kappa shape index (κ2) is 10.3. The molecule has 0 saturated heterocycles. The van der Waals surface area contributed by atoms with Gasteiger partial charge in [-0.25, -0.2) is 0 Å². The summed E-state index contributed by atoms with van der Waals surface area (Å²) in [6.45, 7) is 12.6. The van der Waals surface area contributed by atoms with Gasteiger partial charge in [-0.2, -0.15) is 0 Å². The summed E-state index contributed by atoms with van der Waals surface area (Å²) in [4.78, 5) is 25.3. The molecule has 2 N–H and O–H groups in total. The van der Waals surface area contributed by atoms with Gasteiger partial charge in [0.25, 0.3) is 0 Å². The fraction of sp³-hybridized carbons (Fsp3) is 0.500. The number of aromatic nitrogens is 1. The normalized spacial score (nSPS) is 12.3. The van der Waals surface area contributed by atoms with Gasteiger partial charge in [0, 0.05) is 32.4 Å². The number of carboxylic acid groups (broad SMARTS) is 1. The molecule has 0 spiro atoms. The molecule has 1 heterocycles. The Morgan fingerprint density at radius 2 is 1.70 bits per heavy atom. The van der Waals surface area contributed by atoms with Crippen molar-refractivity contribution in [2.45, 2.75) is 47.0 Å². The lowest BCUT2D eigenvalue weighted by atomic mass is 9.96. The number of anilines is 3. The number of hydrogen-bond donors (Lipinski definition) is 2. The summed E-state index contributed by atoms with van der Waals surface area (Å²) in [5, 5.41) is 12.7. The van der Waals surface area contributed by atoms with Crippen LogP contribution in [0.2, 0.25) is 0 Å². The van der Waals surface area contributed by atoms with Crippen molar-refractivity contribution in [3.63, 3.8) is 0 Å². The number of benzene rings is 1. The molecule has 0 aliphatic carbocycles. The van der Waals surface area contributed by atoms with Crippen molar-refractivity contribution >= 4 is 23.0 Å². The molecule has 0 amide bonds. The predicted molar refractivity (Wildman–Crippen MR) is 124 cm³/mol. The van der Waals surface area contributed by atoms with Crippen LogP contribution in [0, 0.1) is 11.8 Å². The predicted octanol–water partition coefficient (Wildman–Crippen LogP) is 4.83. The molecule has 0 radical (unpaired) electrons. The number of nitrogens with one attached hydrogen (secondary N) is 1. The van der Waals surface area contributed by atoms with E-state index in [1.807, 2.05) is 19.1 Å². The van der Waals surface area contributed by atoms with Gasteiger partial charge in [0.2, 0.25) is 5.56 Å². The van der Waals surface area contributed by atoms with Crippen LogP contribution < -0.4 is 15.8 Å². The van der Waals surface area contributed by atoms with Gasteiger partial charge in [0.1, 0.15) is 0 Å². The topological polar surface area (TPSA) is 74.6 Å². The van der Waals surface area contributed by atoms with Crippen molar-refractivity contribution in [1.82, 2.24) is 4.57 Å². The number of hydrogen-bond acceptors (Lipinski definition) is 4. The summed E-state index contributed by atoms with van der Waals surface area (Å²) < 4.78 is 1.54. The molecular formula is C24H35N3O3. The van der Waals surface area contributed by atoms with Crippen LogP contribution in [-0.4, -0.2) is 28.7 Å². The fourth-order valence-corrected chi connectivity index (χ4v) is 3.59. The number of rotatable bonds is 10. The van der Waals surface area contributed by atoms with Gasteiger partial charge in [-0.15, -0.1) is 0 Å². The highest BCUT2D eigenvalue weighted by molar-refractivity contribution is 5.76. The van der Waals surface area contributed by atoms with Crippen molar-refractivity contribution < 1.29 is 9.90 Å². The first-order valence-corrected chi connectivity index (χ1v) is 10.6. The van der Waals surface area contributed by atoms with Crippen molar-refractivity contribution in [3.8, 4) is 0 Å². The lowest BCUT2D eigenvalue weighted by Gasteiger charge is -2.31. The Morgan fingerprint density at radius 1 is 1.07 bits per heavy atom. The molecule has 2 rings (SSSR count). The highest BCUT2D eigenvalue weighted by atomic mass is 16.4. The van der Waals surface area contributed by atoms with Crippen LogP contribution in [0.15, 0.2) is 41.3 Å². The third-order valence-corrected chi connectivity index (χ3v) is 4.95. The van der Waals surface area contributed by atoms with Gasteiger partial charge in [0.05, 0.1) is 23.5 Å². The highest BCUT2D eigenvalue weighted by Crippen LogP contribution is 2.34. The maximum atomic E-state index is 11.8. The number of carboxylic acids is 1. The van der Waals surface area contributed by atoms with Crippen LogP contribution in [-0.2, 0) is 11.8 Å².